The van der Waals surface area contributed by atoms with Crippen molar-refractivity contribution in [2.45, 2.75) is 6.61 Å². The Morgan fingerprint density at radius 1 is 1.00 bits per heavy atom. The molecule has 0 aliphatic heterocycles. The Kier molecular flexibility index (Phi) is 4.17. The zero-order chi connectivity index (χ0) is 14.9. The van der Waals surface area contributed by atoms with Crippen LogP contribution < -0.4 is 10.5 Å². The molecule has 2 aromatic rings. The number of hydrogen-bond acceptors (Lipinski definition) is 2. The second-order valence-electron chi connectivity index (χ2n) is 3.93. The maximum absolute atomic E-state index is 13.4. The summed E-state index contributed by atoms with van der Waals surface area (Å²) in [6.07, 6.45) is 0. The highest BCUT2D eigenvalue weighted by atomic mass is 79.9. The monoisotopic (exact) mass is 349 g/mol. The van der Waals surface area contributed by atoms with Gasteiger partial charge in [0, 0.05) is 21.8 Å². The molecule has 0 aliphatic carbocycles. The molecular weight excluding hydrogens is 342 g/mol. The molecule has 0 aromatic heterocycles. The molecule has 2 rings (SSSR count). The normalized spacial score (nSPS) is 10.7. The molecule has 106 valence electrons. The van der Waals surface area contributed by atoms with E-state index in [0.717, 1.165) is 0 Å². The number of benzene rings is 2. The molecule has 0 unspecified atom stereocenters. The number of ether oxygens (including phenoxy) is 1. The molecule has 20 heavy (non-hydrogen) atoms. The van der Waals surface area contributed by atoms with Gasteiger partial charge < -0.3 is 10.5 Å². The topological polar surface area (TPSA) is 35.2 Å². The zero-order valence-corrected chi connectivity index (χ0v) is 11.5. The van der Waals surface area contributed by atoms with Crippen LogP contribution in [0.15, 0.2) is 28.7 Å². The minimum absolute atomic E-state index is 0.117. The second-order valence-corrected chi connectivity index (χ2v) is 4.84. The van der Waals surface area contributed by atoms with E-state index < -0.39 is 29.0 Å². The molecule has 7 heteroatoms. The van der Waals surface area contributed by atoms with Gasteiger partial charge in [0.2, 0.25) is 11.6 Å². The van der Waals surface area contributed by atoms with Crippen molar-refractivity contribution in [3.8, 4) is 5.75 Å². The van der Waals surface area contributed by atoms with Crippen molar-refractivity contribution in [1.82, 2.24) is 0 Å². The molecule has 0 amide bonds. The summed E-state index contributed by atoms with van der Waals surface area (Å²) in [6.45, 7) is -0.324. The first kappa shape index (κ1) is 14.6. The molecule has 0 saturated carbocycles. The zero-order valence-electron chi connectivity index (χ0n) is 9.89. The third-order valence-corrected chi connectivity index (χ3v) is 3.04. The quantitative estimate of drug-likeness (QED) is 0.512. The largest absolute Gasteiger partial charge is 0.483 e. The second kappa shape index (κ2) is 5.70. The third kappa shape index (κ3) is 2.87. The minimum Gasteiger partial charge on any atom is -0.483 e. The average Bonchev–Trinajstić information content (AvgIpc) is 2.38. The van der Waals surface area contributed by atoms with Gasteiger partial charge in [-0.15, -0.1) is 0 Å². The van der Waals surface area contributed by atoms with Crippen LogP contribution in [-0.4, -0.2) is 0 Å². The maximum Gasteiger partial charge on any atom is 0.203 e. The van der Waals surface area contributed by atoms with Crippen LogP contribution in [0.5, 0.6) is 5.75 Å². The van der Waals surface area contributed by atoms with Crippen LogP contribution in [0.4, 0.5) is 23.2 Å². The summed E-state index contributed by atoms with van der Waals surface area (Å²) in [5, 5.41) is 0. The van der Waals surface area contributed by atoms with Gasteiger partial charge >= 0.3 is 0 Å². The predicted molar refractivity (Wildman–Crippen MR) is 69.2 cm³/mol. The van der Waals surface area contributed by atoms with Crippen LogP contribution in [-0.2, 0) is 6.61 Å². The van der Waals surface area contributed by atoms with Gasteiger partial charge in [-0.25, -0.2) is 8.78 Å². The van der Waals surface area contributed by atoms with Gasteiger partial charge in [0.15, 0.2) is 17.4 Å². The first-order valence-corrected chi connectivity index (χ1v) is 6.19. The molecule has 0 heterocycles. The van der Waals surface area contributed by atoms with Crippen LogP contribution in [0.2, 0.25) is 0 Å². The minimum atomic E-state index is -1.58. The fourth-order valence-corrected chi connectivity index (χ4v) is 1.90. The number of halogens is 5. The Morgan fingerprint density at radius 2 is 1.60 bits per heavy atom. The molecule has 2 aromatic carbocycles. The Morgan fingerprint density at radius 3 is 2.15 bits per heavy atom. The Hall–Kier alpha value is -1.76. The molecule has 0 fully saturated rings. The molecule has 0 atom stereocenters. The van der Waals surface area contributed by atoms with Crippen molar-refractivity contribution >= 4 is 21.6 Å². The molecule has 0 radical (unpaired) electrons. The highest BCUT2D eigenvalue weighted by Gasteiger charge is 2.20. The van der Waals surface area contributed by atoms with Crippen LogP contribution >= 0.6 is 15.9 Å². The van der Waals surface area contributed by atoms with Crippen LogP contribution in [0, 0.1) is 23.3 Å². The summed E-state index contributed by atoms with van der Waals surface area (Å²) < 4.78 is 58.2. The predicted octanol–water partition coefficient (Wildman–Crippen LogP) is 4.17. The summed E-state index contributed by atoms with van der Waals surface area (Å²) in [6, 6.07) is 4.89. The number of nitrogens with two attached hydrogens (primary N) is 1. The SMILES string of the molecule is Nc1cc(Br)ccc1COc1c(F)c(F)cc(F)c1F. The fourth-order valence-electron chi connectivity index (χ4n) is 1.53. The Bertz CT molecular complexity index is 637. The lowest BCUT2D eigenvalue weighted by Crippen LogP contribution is -2.05. The highest BCUT2D eigenvalue weighted by molar-refractivity contribution is 9.10. The summed E-state index contributed by atoms with van der Waals surface area (Å²) in [5.41, 5.74) is 6.42. The van der Waals surface area contributed by atoms with Crippen molar-refractivity contribution < 1.29 is 22.3 Å². The Balaban J connectivity index is 2.27. The standard InChI is InChI=1S/C13H8BrF4NO/c14-7-2-1-6(10(19)3-7)5-20-13-11(17)8(15)4-9(16)12(13)18/h1-4H,5,19H2. The Labute approximate surface area is 120 Å². The van der Waals surface area contributed by atoms with Gasteiger partial charge in [-0.3, -0.25) is 0 Å². The molecular formula is C13H8BrF4NO. The highest BCUT2D eigenvalue weighted by Crippen LogP contribution is 2.28. The van der Waals surface area contributed by atoms with E-state index in [0.29, 0.717) is 15.7 Å². The van der Waals surface area contributed by atoms with Gasteiger partial charge in [0.25, 0.3) is 0 Å². The number of rotatable bonds is 3. The lowest BCUT2D eigenvalue weighted by atomic mass is 10.2. The van der Waals surface area contributed by atoms with Crippen LogP contribution in [0.1, 0.15) is 5.56 Å². The van der Waals surface area contributed by atoms with Gasteiger partial charge in [0.05, 0.1) is 0 Å². The van der Waals surface area contributed by atoms with Crippen LogP contribution in [0.3, 0.4) is 0 Å². The van der Waals surface area contributed by atoms with E-state index in [1.807, 2.05) is 0 Å². The van der Waals surface area contributed by atoms with E-state index in [1.54, 1.807) is 18.2 Å². The first-order chi connectivity index (χ1) is 9.40. The summed E-state index contributed by atoms with van der Waals surface area (Å²) in [4.78, 5) is 0. The van der Waals surface area contributed by atoms with Crippen LogP contribution in [0.25, 0.3) is 0 Å². The maximum atomic E-state index is 13.4. The van der Waals surface area contributed by atoms with E-state index in [-0.39, 0.29) is 12.7 Å². The lowest BCUT2D eigenvalue weighted by molar-refractivity contribution is 0.262. The van der Waals surface area contributed by atoms with Crippen molar-refractivity contribution in [2.24, 2.45) is 0 Å². The van der Waals surface area contributed by atoms with Gasteiger partial charge in [-0.1, -0.05) is 22.0 Å². The van der Waals surface area contributed by atoms with E-state index in [2.05, 4.69) is 15.9 Å². The third-order valence-electron chi connectivity index (χ3n) is 2.55. The van der Waals surface area contributed by atoms with E-state index >= 15 is 0 Å². The number of nitrogen functional groups attached to an aromatic ring is 1. The van der Waals surface area contributed by atoms with Crippen molar-refractivity contribution in [1.29, 1.82) is 0 Å². The van der Waals surface area contributed by atoms with E-state index in [9.17, 15) is 17.6 Å². The molecule has 0 aliphatic rings. The summed E-state index contributed by atoms with van der Waals surface area (Å²) in [5.74, 6) is -7.32. The summed E-state index contributed by atoms with van der Waals surface area (Å²) in [7, 11) is 0. The molecule has 0 bridgehead atoms. The molecule has 0 saturated heterocycles. The number of anilines is 1. The molecule has 0 spiro atoms. The van der Waals surface area contributed by atoms with Gasteiger partial charge in [-0.05, 0) is 12.1 Å². The summed E-state index contributed by atoms with van der Waals surface area (Å²) >= 11 is 3.19. The lowest BCUT2D eigenvalue weighted by Gasteiger charge is -2.11. The smallest absolute Gasteiger partial charge is 0.203 e. The average molecular weight is 350 g/mol. The van der Waals surface area contributed by atoms with E-state index in [4.69, 9.17) is 10.5 Å². The van der Waals surface area contributed by atoms with Gasteiger partial charge in [0.1, 0.15) is 6.61 Å². The van der Waals surface area contributed by atoms with Crippen molar-refractivity contribution in [3.05, 3.63) is 57.6 Å². The first-order valence-electron chi connectivity index (χ1n) is 5.40. The van der Waals surface area contributed by atoms with E-state index in [1.165, 1.54) is 0 Å². The van der Waals surface area contributed by atoms with Crippen molar-refractivity contribution in [2.75, 3.05) is 5.73 Å². The molecule has 2 nitrogen and oxygen atoms in total. The number of hydrogen-bond donors (Lipinski definition) is 1. The fraction of sp³-hybridized carbons (Fsp3) is 0.0769. The van der Waals surface area contributed by atoms with Crippen molar-refractivity contribution in [3.63, 3.8) is 0 Å². The molecule has 2 N–H and O–H groups in total. The van der Waals surface area contributed by atoms with Gasteiger partial charge in [-0.2, -0.15) is 8.78 Å².